The largest absolute Gasteiger partial charge is 0.379 e. The van der Waals surface area contributed by atoms with Gasteiger partial charge in [0.15, 0.2) is 0 Å². The number of hydrogen-bond acceptors (Lipinski definition) is 4. The number of nitrogens with one attached hydrogen (secondary N) is 1. The van der Waals surface area contributed by atoms with Gasteiger partial charge in [-0.2, -0.15) is 5.10 Å². The highest BCUT2D eigenvalue weighted by Crippen LogP contribution is 2.17. The molecule has 1 N–H and O–H groups in total. The zero-order valence-corrected chi connectivity index (χ0v) is 12.2. The minimum atomic E-state index is -0.110. The van der Waals surface area contributed by atoms with Crippen molar-refractivity contribution >= 4 is 21.6 Å². The molecule has 0 amide bonds. The molecule has 0 saturated carbocycles. The van der Waals surface area contributed by atoms with Crippen molar-refractivity contribution in [3.8, 4) is 0 Å². The summed E-state index contributed by atoms with van der Waals surface area (Å²) >= 11 is 3.33. The molecule has 0 fully saturated rings. The van der Waals surface area contributed by atoms with Crippen molar-refractivity contribution in [1.82, 2.24) is 14.8 Å². The minimum Gasteiger partial charge on any atom is -0.379 e. The van der Waals surface area contributed by atoms with Crippen molar-refractivity contribution in [2.45, 2.75) is 26.4 Å². The lowest BCUT2D eigenvalue weighted by molar-refractivity contribution is 0.566. The standard InChI is InChI=1S/C13H15BrN4O/c1-2-7-18-13(19)12(14)11(9-17-18)16-8-10-3-5-15-6-4-10/h3-6,9,16H,2,7-8H2,1H3. The van der Waals surface area contributed by atoms with E-state index in [1.54, 1.807) is 18.6 Å². The summed E-state index contributed by atoms with van der Waals surface area (Å²) in [5.74, 6) is 0. The Morgan fingerprint density at radius 3 is 2.79 bits per heavy atom. The minimum absolute atomic E-state index is 0.110. The Balaban J connectivity index is 2.13. The van der Waals surface area contributed by atoms with Crippen LogP contribution < -0.4 is 10.9 Å². The summed E-state index contributed by atoms with van der Waals surface area (Å²) in [5, 5.41) is 7.33. The average molecular weight is 323 g/mol. The first-order valence-electron chi connectivity index (χ1n) is 6.10. The molecule has 2 heterocycles. The zero-order valence-electron chi connectivity index (χ0n) is 10.6. The lowest BCUT2D eigenvalue weighted by Gasteiger charge is -2.10. The van der Waals surface area contributed by atoms with Crippen LogP contribution in [0.25, 0.3) is 0 Å². The molecule has 2 aromatic heterocycles. The predicted molar refractivity (Wildman–Crippen MR) is 78.1 cm³/mol. The number of hydrogen-bond donors (Lipinski definition) is 1. The molecule has 2 aromatic rings. The lowest BCUT2D eigenvalue weighted by atomic mass is 10.2. The average Bonchev–Trinajstić information content (AvgIpc) is 2.44. The Morgan fingerprint density at radius 1 is 1.37 bits per heavy atom. The van der Waals surface area contributed by atoms with Crippen molar-refractivity contribution in [1.29, 1.82) is 0 Å². The van der Waals surface area contributed by atoms with E-state index in [1.165, 1.54) is 4.68 Å². The molecule has 0 unspecified atom stereocenters. The van der Waals surface area contributed by atoms with Crippen LogP contribution in [0.4, 0.5) is 5.69 Å². The van der Waals surface area contributed by atoms with Crippen LogP contribution in [-0.2, 0) is 13.1 Å². The second kappa shape index (κ2) is 6.47. The molecule has 19 heavy (non-hydrogen) atoms. The van der Waals surface area contributed by atoms with Gasteiger partial charge in [0.2, 0.25) is 0 Å². The summed E-state index contributed by atoms with van der Waals surface area (Å²) in [6, 6.07) is 3.85. The number of nitrogens with zero attached hydrogens (tertiary/aromatic N) is 3. The van der Waals surface area contributed by atoms with Gasteiger partial charge in [0.05, 0.1) is 11.9 Å². The molecule has 0 saturated heterocycles. The number of rotatable bonds is 5. The van der Waals surface area contributed by atoms with E-state index >= 15 is 0 Å². The molecule has 2 rings (SSSR count). The molecule has 0 atom stereocenters. The van der Waals surface area contributed by atoms with Crippen LogP contribution in [0.5, 0.6) is 0 Å². The fraction of sp³-hybridized carbons (Fsp3) is 0.308. The van der Waals surface area contributed by atoms with Gasteiger partial charge in [-0.3, -0.25) is 9.78 Å². The molecular weight excluding hydrogens is 308 g/mol. The molecule has 0 aliphatic rings. The summed E-state index contributed by atoms with van der Waals surface area (Å²) in [5.41, 5.74) is 1.69. The lowest BCUT2D eigenvalue weighted by Crippen LogP contribution is -2.24. The van der Waals surface area contributed by atoms with Crippen LogP contribution in [0.2, 0.25) is 0 Å². The van der Waals surface area contributed by atoms with Gasteiger partial charge in [-0.15, -0.1) is 0 Å². The molecule has 0 aromatic carbocycles. The molecule has 0 bridgehead atoms. The first kappa shape index (κ1) is 13.7. The van der Waals surface area contributed by atoms with E-state index in [-0.39, 0.29) is 5.56 Å². The van der Waals surface area contributed by atoms with Gasteiger partial charge in [-0.25, -0.2) is 4.68 Å². The zero-order chi connectivity index (χ0) is 13.7. The van der Waals surface area contributed by atoms with E-state index in [2.05, 4.69) is 31.3 Å². The first-order valence-corrected chi connectivity index (χ1v) is 6.90. The molecule has 0 aliphatic heterocycles. The molecule has 100 valence electrons. The number of anilines is 1. The van der Waals surface area contributed by atoms with Gasteiger partial charge in [0.1, 0.15) is 4.47 Å². The Hall–Kier alpha value is -1.69. The van der Waals surface area contributed by atoms with E-state index in [4.69, 9.17) is 0 Å². The summed E-state index contributed by atoms with van der Waals surface area (Å²) in [6.07, 6.45) is 6.03. The van der Waals surface area contributed by atoms with Gasteiger partial charge in [-0.05, 0) is 40.0 Å². The van der Waals surface area contributed by atoms with Crippen LogP contribution in [0, 0.1) is 0 Å². The van der Waals surface area contributed by atoms with Crippen LogP contribution in [0.3, 0.4) is 0 Å². The molecule has 0 spiro atoms. The Labute approximate surface area is 119 Å². The summed E-state index contributed by atoms with van der Waals surface area (Å²) in [4.78, 5) is 16.0. The van der Waals surface area contributed by atoms with E-state index in [1.807, 2.05) is 19.1 Å². The van der Waals surface area contributed by atoms with Gasteiger partial charge in [-0.1, -0.05) is 6.92 Å². The second-order valence-electron chi connectivity index (χ2n) is 4.11. The molecule has 0 radical (unpaired) electrons. The van der Waals surface area contributed by atoms with Crippen LogP contribution in [0.1, 0.15) is 18.9 Å². The van der Waals surface area contributed by atoms with Gasteiger partial charge in [0.25, 0.3) is 5.56 Å². The van der Waals surface area contributed by atoms with Crippen molar-refractivity contribution in [2.24, 2.45) is 0 Å². The molecule has 5 nitrogen and oxygen atoms in total. The summed E-state index contributed by atoms with van der Waals surface area (Å²) in [7, 11) is 0. The Kier molecular flexibility index (Phi) is 4.68. The topological polar surface area (TPSA) is 59.8 Å². The van der Waals surface area contributed by atoms with Crippen LogP contribution >= 0.6 is 15.9 Å². The number of halogens is 1. The van der Waals surface area contributed by atoms with E-state index in [0.29, 0.717) is 23.2 Å². The summed E-state index contributed by atoms with van der Waals surface area (Å²) in [6.45, 7) is 3.26. The van der Waals surface area contributed by atoms with Gasteiger partial charge >= 0.3 is 0 Å². The van der Waals surface area contributed by atoms with Crippen LogP contribution in [0.15, 0.2) is 40.0 Å². The second-order valence-corrected chi connectivity index (χ2v) is 4.90. The van der Waals surface area contributed by atoms with Crippen molar-refractivity contribution in [3.63, 3.8) is 0 Å². The highest BCUT2D eigenvalue weighted by molar-refractivity contribution is 9.10. The van der Waals surface area contributed by atoms with Crippen molar-refractivity contribution in [3.05, 3.63) is 51.1 Å². The van der Waals surface area contributed by atoms with Crippen molar-refractivity contribution < 1.29 is 0 Å². The maximum absolute atomic E-state index is 12.0. The summed E-state index contributed by atoms with van der Waals surface area (Å²) < 4.78 is 1.98. The monoisotopic (exact) mass is 322 g/mol. The normalized spacial score (nSPS) is 10.4. The third-order valence-corrected chi connectivity index (χ3v) is 3.42. The van der Waals surface area contributed by atoms with E-state index in [0.717, 1.165) is 12.0 Å². The number of pyridine rings is 1. The van der Waals surface area contributed by atoms with Gasteiger partial charge in [0, 0.05) is 25.5 Å². The van der Waals surface area contributed by atoms with Crippen LogP contribution in [-0.4, -0.2) is 14.8 Å². The third kappa shape index (κ3) is 3.41. The quantitative estimate of drug-likeness (QED) is 0.918. The number of aryl methyl sites for hydroxylation is 1. The predicted octanol–water partition coefficient (Wildman–Crippen LogP) is 2.42. The molecule has 6 heteroatoms. The Morgan fingerprint density at radius 2 is 2.11 bits per heavy atom. The third-order valence-electron chi connectivity index (χ3n) is 2.65. The maximum Gasteiger partial charge on any atom is 0.283 e. The molecule has 0 aliphatic carbocycles. The first-order chi connectivity index (χ1) is 9.22. The highest BCUT2D eigenvalue weighted by atomic mass is 79.9. The highest BCUT2D eigenvalue weighted by Gasteiger charge is 2.07. The number of aromatic nitrogens is 3. The maximum atomic E-state index is 12.0. The van der Waals surface area contributed by atoms with E-state index < -0.39 is 0 Å². The fourth-order valence-electron chi connectivity index (χ4n) is 1.66. The SMILES string of the molecule is CCCn1ncc(NCc2ccncc2)c(Br)c1=O. The fourth-order valence-corrected chi connectivity index (χ4v) is 2.10. The van der Waals surface area contributed by atoms with Gasteiger partial charge < -0.3 is 5.32 Å². The van der Waals surface area contributed by atoms with E-state index in [9.17, 15) is 4.79 Å². The Bertz CT molecular complexity index is 597. The smallest absolute Gasteiger partial charge is 0.283 e. The van der Waals surface area contributed by atoms with Crippen molar-refractivity contribution in [2.75, 3.05) is 5.32 Å². The molecular formula is C13H15BrN4O.